The molecule has 0 spiro atoms. The summed E-state index contributed by atoms with van der Waals surface area (Å²) in [6.07, 6.45) is 0. The third kappa shape index (κ3) is 1.23. The highest BCUT2D eigenvalue weighted by atomic mass is 16.4. The molecule has 0 unspecified atom stereocenters. The van der Waals surface area contributed by atoms with Crippen molar-refractivity contribution < 1.29 is 14.7 Å². The molecule has 1 aromatic heterocycles. The van der Waals surface area contributed by atoms with Crippen LogP contribution in [0, 0.1) is 0 Å². The molecule has 0 aliphatic carbocycles. The third-order valence-electron chi connectivity index (χ3n) is 3.49. The number of nitrogens with zero attached hydrogens (tertiary/aromatic N) is 2. The molecule has 0 bridgehead atoms. The smallest absolute Gasteiger partial charge is 0.264 e. The number of aromatic nitrogens is 2. The van der Waals surface area contributed by atoms with Crippen LogP contribution in [0.4, 0.5) is 0 Å². The molecule has 20 heavy (non-hydrogen) atoms. The molecular weight excluding hydrogens is 256 g/mol. The molecule has 0 amide bonds. The number of carboxylic acids is 1. The van der Waals surface area contributed by atoms with Crippen LogP contribution < -0.4 is 5.11 Å². The zero-order valence-corrected chi connectivity index (χ0v) is 10.2. The average molecular weight is 263 g/mol. The van der Waals surface area contributed by atoms with Crippen LogP contribution in [0.2, 0.25) is 0 Å². The summed E-state index contributed by atoms with van der Waals surface area (Å²) in [5.41, 5.74) is 2.47. The van der Waals surface area contributed by atoms with Crippen molar-refractivity contribution in [3.8, 4) is 11.4 Å². The van der Waals surface area contributed by atoms with E-state index in [2.05, 4.69) is 4.98 Å². The predicted octanol–water partition coefficient (Wildman–Crippen LogP) is 1.07. The molecule has 0 N–H and O–H groups in total. The Labute approximate surface area is 113 Å². The van der Waals surface area contributed by atoms with Gasteiger partial charge >= 0.3 is 0 Å². The second kappa shape index (κ2) is 3.54. The number of benzene rings is 2. The molecule has 0 atom stereocenters. The Morgan fingerprint density at radius 1 is 1.10 bits per heavy atom. The lowest BCUT2D eigenvalue weighted by Gasteiger charge is -2.03. The van der Waals surface area contributed by atoms with Crippen molar-refractivity contribution in [1.82, 2.24) is 9.55 Å². The van der Waals surface area contributed by atoms with Gasteiger partial charge in [0.25, 0.3) is 5.91 Å². The first-order valence-electron chi connectivity index (χ1n) is 6.05. The molecule has 5 nitrogen and oxygen atoms in total. The summed E-state index contributed by atoms with van der Waals surface area (Å²) < 4.78 is 1.51. The van der Waals surface area contributed by atoms with E-state index < -0.39 is 5.97 Å². The monoisotopic (exact) mass is 263 g/mol. The van der Waals surface area contributed by atoms with Gasteiger partial charge in [-0.2, -0.15) is 0 Å². The minimum atomic E-state index is -1.27. The van der Waals surface area contributed by atoms with E-state index in [4.69, 9.17) is 0 Å². The zero-order chi connectivity index (χ0) is 13.9. The van der Waals surface area contributed by atoms with Crippen LogP contribution in [0.1, 0.15) is 20.7 Å². The van der Waals surface area contributed by atoms with E-state index in [9.17, 15) is 14.7 Å². The molecule has 0 fully saturated rings. The van der Waals surface area contributed by atoms with Gasteiger partial charge in [0.2, 0.25) is 0 Å². The lowest BCUT2D eigenvalue weighted by molar-refractivity contribution is -0.255. The molecule has 4 rings (SSSR count). The van der Waals surface area contributed by atoms with Crippen LogP contribution in [-0.2, 0) is 0 Å². The second-order valence-corrected chi connectivity index (χ2v) is 4.61. The molecule has 0 saturated heterocycles. The molecule has 0 saturated carbocycles. The molecule has 2 aromatic carbocycles. The van der Waals surface area contributed by atoms with Crippen molar-refractivity contribution in [3.63, 3.8) is 0 Å². The van der Waals surface area contributed by atoms with Gasteiger partial charge < -0.3 is 9.90 Å². The Bertz CT molecular complexity index is 909. The molecule has 3 aromatic rings. The van der Waals surface area contributed by atoms with Gasteiger partial charge in [-0.15, -0.1) is 0 Å². The molecule has 2 heterocycles. The molecule has 5 heteroatoms. The highest BCUT2D eigenvalue weighted by Crippen LogP contribution is 2.35. The molecular formula is C15H7N2O3-. The zero-order valence-electron chi connectivity index (χ0n) is 10.2. The van der Waals surface area contributed by atoms with E-state index in [1.54, 1.807) is 0 Å². The number of rotatable bonds is 1. The normalized spacial score (nSPS) is 12.5. The number of hydrogen-bond donors (Lipinski definition) is 0. The Morgan fingerprint density at radius 3 is 2.70 bits per heavy atom. The lowest BCUT2D eigenvalue weighted by atomic mass is 10.1. The summed E-state index contributed by atoms with van der Waals surface area (Å²) in [5, 5.41) is 10.9. The van der Waals surface area contributed by atoms with Crippen molar-refractivity contribution in [3.05, 3.63) is 53.6 Å². The van der Waals surface area contributed by atoms with Crippen LogP contribution in [0.3, 0.4) is 0 Å². The van der Waals surface area contributed by atoms with Gasteiger partial charge in [-0.25, -0.2) is 4.98 Å². The van der Waals surface area contributed by atoms with Gasteiger partial charge in [0.05, 0.1) is 22.6 Å². The molecule has 0 radical (unpaired) electrons. The molecule has 1 aliphatic rings. The van der Waals surface area contributed by atoms with E-state index in [0.29, 0.717) is 22.5 Å². The second-order valence-electron chi connectivity index (χ2n) is 4.61. The number of hydrogen-bond acceptors (Lipinski definition) is 4. The quantitative estimate of drug-likeness (QED) is 0.514. The maximum atomic E-state index is 12.4. The maximum Gasteiger partial charge on any atom is 0.264 e. The Hall–Kier alpha value is -2.95. The van der Waals surface area contributed by atoms with Crippen molar-refractivity contribution in [2.24, 2.45) is 0 Å². The van der Waals surface area contributed by atoms with E-state index in [1.807, 2.05) is 24.3 Å². The Morgan fingerprint density at radius 2 is 1.90 bits per heavy atom. The number of aromatic carboxylic acids is 1. The molecule has 1 aliphatic heterocycles. The van der Waals surface area contributed by atoms with Crippen LogP contribution in [0.5, 0.6) is 0 Å². The summed E-state index contributed by atoms with van der Waals surface area (Å²) in [4.78, 5) is 27.8. The minimum absolute atomic E-state index is 0.0389. The van der Waals surface area contributed by atoms with Gasteiger partial charge in [-0.1, -0.05) is 18.2 Å². The van der Waals surface area contributed by atoms with E-state index >= 15 is 0 Å². The summed E-state index contributed by atoms with van der Waals surface area (Å²) in [6.45, 7) is 0. The fourth-order valence-electron chi connectivity index (χ4n) is 2.58. The standard InChI is InChI=1S/C15H8N2O3/c18-14-9-6-5-8(15(19)20)7-10(9)13-16-11-3-1-2-4-12(11)17(13)14/h1-7H,(H,19,20)/p-1. The van der Waals surface area contributed by atoms with Crippen molar-refractivity contribution in [2.75, 3.05) is 0 Å². The van der Waals surface area contributed by atoms with Gasteiger partial charge in [0, 0.05) is 5.56 Å². The fourth-order valence-corrected chi connectivity index (χ4v) is 2.58. The van der Waals surface area contributed by atoms with E-state index in [1.165, 1.54) is 22.8 Å². The maximum absolute atomic E-state index is 12.4. The summed E-state index contributed by atoms with van der Waals surface area (Å²) in [7, 11) is 0. The van der Waals surface area contributed by atoms with E-state index in [-0.39, 0.29) is 11.5 Å². The first-order chi connectivity index (χ1) is 9.66. The number of imidazole rings is 1. The van der Waals surface area contributed by atoms with Crippen LogP contribution in [-0.4, -0.2) is 21.4 Å². The van der Waals surface area contributed by atoms with Gasteiger partial charge in [0.15, 0.2) is 0 Å². The van der Waals surface area contributed by atoms with Gasteiger partial charge in [-0.05, 0) is 29.8 Å². The van der Waals surface area contributed by atoms with Gasteiger partial charge in [-0.3, -0.25) is 9.36 Å². The molecule has 96 valence electrons. The number of carbonyl (C=O) groups is 2. The highest BCUT2D eigenvalue weighted by Gasteiger charge is 2.30. The average Bonchev–Trinajstić information content (AvgIpc) is 2.96. The first kappa shape index (κ1) is 10.9. The van der Waals surface area contributed by atoms with E-state index in [0.717, 1.165) is 5.52 Å². The van der Waals surface area contributed by atoms with Crippen molar-refractivity contribution in [1.29, 1.82) is 0 Å². The lowest BCUT2D eigenvalue weighted by Crippen LogP contribution is -2.22. The van der Waals surface area contributed by atoms with Crippen LogP contribution >= 0.6 is 0 Å². The van der Waals surface area contributed by atoms with Crippen molar-refractivity contribution in [2.45, 2.75) is 0 Å². The topological polar surface area (TPSA) is 75.0 Å². The fraction of sp³-hybridized carbons (Fsp3) is 0. The SMILES string of the molecule is O=C([O-])c1ccc2c(c1)-c1nc3ccccc3n1C2=O. The Kier molecular flexibility index (Phi) is 1.93. The van der Waals surface area contributed by atoms with Gasteiger partial charge in [0.1, 0.15) is 5.82 Å². The first-order valence-corrected chi connectivity index (χ1v) is 6.05. The van der Waals surface area contributed by atoms with Crippen LogP contribution in [0.15, 0.2) is 42.5 Å². The largest absolute Gasteiger partial charge is 0.545 e. The number of fused-ring (bicyclic) bond motifs is 5. The number of para-hydroxylation sites is 2. The third-order valence-corrected chi connectivity index (χ3v) is 3.49. The summed E-state index contributed by atoms with van der Waals surface area (Å²) in [5.74, 6) is -0.974. The summed E-state index contributed by atoms with van der Waals surface area (Å²) in [6, 6.07) is 11.6. The predicted molar refractivity (Wildman–Crippen MR) is 69.2 cm³/mol. The van der Waals surface area contributed by atoms with Crippen LogP contribution in [0.25, 0.3) is 22.4 Å². The summed E-state index contributed by atoms with van der Waals surface area (Å²) >= 11 is 0. The highest BCUT2D eigenvalue weighted by molar-refractivity contribution is 6.13. The van der Waals surface area contributed by atoms with Crippen molar-refractivity contribution >= 4 is 22.9 Å². The Balaban J connectivity index is 2.08. The number of carboxylic acid groups (broad SMARTS) is 1. The number of carbonyl (C=O) groups excluding carboxylic acids is 2. The minimum Gasteiger partial charge on any atom is -0.545 e.